The van der Waals surface area contributed by atoms with Crippen molar-refractivity contribution in [1.29, 1.82) is 0 Å². The van der Waals surface area contributed by atoms with Crippen molar-refractivity contribution >= 4 is 5.91 Å². The van der Waals surface area contributed by atoms with Crippen LogP contribution < -0.4 is 15.4 Å². The third kappa shape index (κ3) is 3.69. The van der Waals surface area contributed by atoms with Crippen LogP contribution in [0.3, 0.4) is 0 Å². The van der Waals surface area contributed by atoms with Crippen molar-refractivity contribution in [2.45, 2.75) is 6.10 Å². The maximum absolute atomic E-state index is 14.1. The molecule has 0 unspecified atom stereocenters. The first-order valence-corrected chi connectivity index (χ1v) is 7.70. The molecule has 1 amide bonds. The third-order valence-electron chi connectivity index (χ3n) is 3.69. The first kappa shape index (κ1) is 16.4. The van der Waals surface area contributed by atoms with Gasteiger partial charge in [-0.2, -0.15) is 0 Å². The summed E-state index contributed by atoms with van der Waals surface area (Å²) in [5, 5.41) is 14.2. The summed E-state index contributed by atoms with van der Waals surface area (Å²) in [6.45, 7) is 1.54. The SMILES string of the molecule is O=C(NCCO)c1ccc(-c2ccc(OC3CNC3)cn2)cc1F. The van der Waals surface area contributed by atoms with Crippen molar-refractivity contribution in [3.63, 3.8) is 0 Å². The van der Waals surface area contributed by atoms with Crippen LogP contribution >= 0.6 is 0 Å². The van der Waals surface area contributed by atoms with E-state index < -0.39 is 11.7 Å². The van der Waals surface area contributed by atoms with Crippen molar-refractivity contribution in [2.75, 3.05) is 26.2 Å². The van der Waals surface area contributed by atoms with E-state index in [0.29, 0.717) is 17.0 Å². The van der Waals surface area contributed by atoms with E-state index in [-0.39, 0.29) is 24.8 Å². The van der Waals surface area contributed by atoms with E-state index in [9.17, 15) is 9.18 Å². The van der Waals surface area contributed by atoms with E-state index >= 15 is 0 Å². The number of hydrogen-bond donors (Lipinski definition) is 3. The summed E-state index contributed by atoms with van der Waals surface area (Å²) in [4.78, 5) is 16.0. The van der Waals surface area contributed by atoms with Gasteiger partial charge in [0.15, 0.2) is 0 Å². The lowest BCUT2D eigenvalue weighted by molar-refractivity contribution is 0.0940. The van der Waals surface area contributed by atoms with Crippen LogP contribution in [-0.4, -0.2) is 48.3 Å². The molecule has 0 atom stereocenters. The summed E-state index contributed by atoms with van der Waals surface area (Å²) in [6.07, 6.45) is 1.78. The molecule has 0 aliphatic carbocycles. The van der Waals surface area contributed by atoms with Gasteiger partial charge in [0.1, 0.15) is 17.7 Å². The fourth-order valence-corrected chi connectivity index (χ4v) is 2.28. The van der Waals surface area contributed by atoms with Gasteiger partial charge >= 0.3 is 0 Å². The molecule has 1 aliphatic heterocycles. The maximum atomic E-state index is 14.1. The van der Waals surface area contributed by atoms with Gasteiger partial charge in [-0.3, -0.25) is 9.78 Å². The molecule has 7 heteroatoms. The predicted octanol–water partition coefficient (Wildman–Crippen LogP) is 0.960. The summed E-state index contributed by atoms with van der Waals surface area (Å²) in [5.41, 5.74) is 1.10. The number of amides is 1. The number of ether oxygens (including phenoxy) is 1. The van der Waals surface area contributed by atoms with Crippen molar-refractivity contribution in [1.82, 2.24) is 15.6 Å². The Kier molecular flexibility index (Phi) is 5.02. The van der Waals surface area contributed by atoms with Gasteiger partial charge < -0.3 is 20.5 Å². The minimum atomic E-state index is -0.634. The Bertz CT molecular complexity index is 718. The molecular weight excluding hydrogens is 313 g/mol. The number of rotatable bonds is 6. The first-order chi connectivity index (χ1) is 11.7. The van der Waals surface area contributed by atoms with E-state index in [1.165, 1.54) is 12.1 Å². The van der Waals surface area contributed by atoms with Crippen molar-refractivity contribution in [2.24, 2.45) is 0 Å². The first-order valence-electron chi connectivity index (χ1n) is 7.70. The zero-order valence-corrected chi connectivity index (χ0v) is 13.0. The number of carbonyl (C=O) groups excluding carboxylic acids is 1. The molecular formula is C17H18FN3O3. The van der Waals surface area contributed by atoms with Gasteiger partial charge in [0, 0.05) is 25.2 Å². The van der Waals surface area contributed by atoms with Crippen LogP contribution in [0.15, 0.2) is 36.5 Å². The quantitative estimate of drug-likeness (QED) is 0.734. The number of aliphatic hydroxyl groups is 1. The second-order valence-corrected chi connectivity index (χ2v) is 5.45. The van der Waals surface area contributed by atoms with Crippen LogP contribution in [0.5, 0.6) is 5.75 Å². The summed E-state index contributed by atoms with van der Waals surface area (Å²) in [6, 6.07) is 7.86. The molecule has 1 saturated heterocycles. The van der Waals surface area contributed by atoms with Crippen LogP contribution in [0.4, 0.5) is 4.39 Å². The highest BCUT2D eigenvalue weighted by molar-refractivity contribution is 5.94. The Morgan fingerprint density at radius 2 is 2.21 bits per heavy atom. The fourth-order valence-electron chi connectivity index (χ4n) is 2.28. The summed E-state index contributed by atoms with van der Waals surface area (Å²) < 4.78 is 19.8. The van der Waals surface area contributed by atoms with E-state index in [4.69, 9.17) is 9.84 Å². The van der Waals surface area contributed by atoms with Crippen molar-refractivity contribution in [3.05, 3.63) is 47.9 Å². The molecule has 0 spiro atoms. The van der Waals surface area contributed by atoms with Gasteiger partial charge in [-0.25, -0.2) is 4.39 Å². The molecule has 3 rings (SSSR count). The normalized spacial score (nSPS) is 14.1. The number of aromatic nitrogens is 1. The number of pyridine rings is 1. The molecule has 2 aromatic rings. The van der Waals surface area contributed by atoms with E-state index in [1.54, 1.807) is 24.4 Å². The molecule has 0 saturated carbocycles. The van der Waals surface area contributed by atoms with Gasteiger partial charge in [-0.15, -0.1) is 0 Å². The summed E-state index contributed by atoms with van der Waals surface area (Å²) in [5.74, 6) is -0.518. The lowest BCUT2D eigenvalue weighted by atomic mass is 10.1. The smallest absolute Gasteiger partial charge is 0.254 e. The van der Waals surface area contributed by atoms with Gasteiger partial charge in [-0.05, 0) is 24.3 Å². The number of benzene rings is 1. The molecule has 2 heterocycles. The second-order valence-electron chi connectivity index (χ2n) is 5.45. The van der Waals surface area contributed by atoms with E-state index in [0.717, 1.165) is 13.1 Å². The number of hydrogen-bond acceptors (Lipinski definition) is 5. The van der Waals surface area contributed by atoms with Crippen molar-refractivity contribution < 1.29 is 19.0 Å². The van der Waals surface area contributed by atoms with Gasteiger partial charge in [-0.1, -0.05) is 6.07 Å². The Morgan fingerprint density at radius 3 is 2.79 bits per heavy atom. The van der Waals surface area contributed by atoms with Crippen molar-refractivity contribution in [3.8, 4) is 17.0 Å². The molecule has 1 fully saturated rings. The molecule has 24 heavy (non-hydrogen) atoms. The third-order valence-corrected chi connectivity index (χ3v) is 3.69. The lowest BCUT2D eigenvalue weighted by Gasteiger charge is -2.27. The van der Waals surface area contributed by atoms with Crippen LogP contribution in [0, 0.1) is 5.82 Å². The van der Waals surface area contributed by atoms with E-state index in [2.05, 4.69) is 15.6 Å². The van der Waals surface area contributed by atoms with Crippen LogP contribution in [-0.2, 0) is 0 Å². The Labute approximate surface area is 138 Å². The van der Waals surface area contributed by atoms with Gasteiger partial charge in [0.25, 0.3) is 5.91 Å². The molecule has 1 aromatic carbocycles. The van der Waals surface area contributed by atoms with E-state index in [1.807, 2.05) is 0 Å². The van der Waals surface area contributed by atoms with Crippen LogP contribution in [0.25, 0.3) is 11.3 Å². The molecule has 3 N–H and O–H groups in total. The molecule has 126 valence electrons. The number of aliphatic hydroxyl groups excluding tert-OH is 1. The molecule has 0 bridgehead atoms. The standard InChI is InChI=1S/C17H18FN3O3/c18-15-7-11(1-3-14(15)17(23)20-5-6-22)16-4-2-12(10-21-16)24-13-8-19-9-13/h1-4,7,10,13,19,22H,5-6,8-9H2,(H,20,23). The molecule has 1 aliphatic rings. The minimum absolute atomic E-state index is 0.0652. The number of nitrogens with zero attached hydrogens (tertiary/aromatic N) is 1. The van der Waals surface area contributed by atoms with Gasteiger partial charge in [0.05, 0.1) is 24.1 Å². The van der Waals surface area contributed by atoms with Crippen LogP contribution in [0.2, 0.25) is 0 Å². The van der Waals surface area contributed by atoms with Gasteiger partial charge in [0.2, 0.25) is 0 Å². The average Bonchev–Trinajstić information content (AvgIpc) is 2.56. The number of nitrogens with one attached hydrogen (secondary N) is 2. The highest BCUT2D eigenvalue weighted by atomic mass is 19.1. The largest absolute Gasteiger partial charge is 0.486 e. The predicted molar refractivity (Wildman–Crippen MR) is 86.3 cm³/mol. The average molecular weight is 331 g/mol. The summed E-state index contributed by atoms with van der Waals surface area (Å²) >= 11 is 0. The highest BCUT2D eigenvalue weighted by Gasteiger charge is 2.18. The zero-order valence-electron chi connectivity index (χ0n) is 13.0. The Morgan fingerprint density at radius 1 is 1.38 bits per heavy atom. The number of carbonyl (C=O) groups is 1. The monoisotopic (exact) mass is 331 g/mol. The maximum Gasteiger partial charge on any atom is 0.254 e. The molecule has 1 aromatic heterocycles. The minimum Gasteiger partial charge on any atom is -0.486 e. The topological polar surface area (TPSA) is 83.5 Å². The summed E-state index contributed by atoms with van der Waals surface area (Å²) in [7, 11) is 0. The molecule has 0 radical (unpaired) electrons. The molecule has 6 nitrogen and oxygen atoms in total. The number of halogens is 1. The second kappa shape index (κ2) is 7.37. The Hall–Kier alpha value is -2.51. The van der Waals surface area contributed by atoms with Crippen LogP contribution in [0.1, 0.15) is 10.4 Å². The highest BCUT2D eigenvalue weighted by Crippen LogP contribution is 2.22. The Balaban J connectivity index is 1.72. The fraction of sp³-hybridized carbons (Fsp3) is 0.294. The zero-order chi connectivity index (χ0) is 16.9. The lowest BCUT2D eigenvalue weighted by Crippen LogP contribution is -2.50.